The second kappa shape index (κ2) is 5.85. The minimum Gasteiger partial charge on any atom is -0.384 e. The molecule has 3 rings (SSSR count). The van der Waals surface area contributed by atoms with Crippen LogP contribution in [0.4, 0.5) is 17.3 Å². The van der Waals surface area contributed by atoms with Crippen molar-refractivity contribution in [2.75, 3.05) is 36.8 Å². The van der Waals surface area contributed by atoms with E-state index in [1.165, 1.54) is 31.4 Å². The van der Waals surface area contributed by atoms with E-state index >= 15 is 0 Å². The summed E-state index contributed by atoms with van der Waals surface area (Å²) in [6.07, 6.45) is 4.86. The monoisotopic (exact) mass is 291 g/mol. The normalized spacial score (nSPS) is 23.4. The van der Waals surface area contributed by atoms with Gasteiger partial charge in [0.05, 0.1) is 4.92 Å². The number of nitro groups is 1. The third kappa shape index (κ3) is 2.92. The van der Waals surface area contributed by atoms with Crippen molar-refractivity contribution in [3.05, 3.63) is 22.2 Å². The maximum Gasteiger partial charge on any atom is 0.311 e. The number of anilines is 2. The van der Waals surface area contributed by atoms with Gasteiger partial charge in [0.15, 0.2) is 0 Å². The molecular formula is C14H21N5O2. The number of nitrogens with zero attached hydrogens (tertiary/aromatic N) is 4. The van der Waals surface area contributed by atoms with Crippen molar-refractivity contribution >= 4 is 17.3 Å². The Morgan fingerprint density at radius 1 is 1.24 bits per heavy atom. The molecule has 7 nitrogen and oxygen atoms in total. The van der Waals surface area contributed by atoms with Gasteiger partial charge in [0.2, 0.25) is 5.82 Å². The molecule has 2 saturated heterocycles. The number of pyridine rings is 1. The van der Waals surface area contributed by atoms with Crippen molar-refractivity contribution in [2.45, 2.75) is 31.7 Å². The lowest BCUT2D eigenvalue weighted by Crippen LogP contribution is -2.41. The van der Waals surface area contributed by atoms with Crippen LogP contribution in [-0.2, 0) is 0 Å². The molecule has 1 aromatic heterocycles. The van der Waals surface area contributed by atoms with Gasteiger partial charge >= 0.3 is 5.69 Å². The summed E-state index contributed by atoms with van der Waals surface area (Å²) in [5, 5.41) is 11.2. The minimum absolute atomic E-state index is 0.0449. The Balaban J connectivity index is 1.76. The number of nitrogen functional groups attached to an aromatic ring is 1. The molecule has 1 unspecified atom stereocenters. The fourth-order valence-corrected chi connectivity index (χ4v) is 3.35. The molecule has 0 amide bonds. The third-order valence-electron chi connectivity index (χ3n) is 4.44. The topological polar surface area (TPSA) is 88.5 Å². The molecule has 0 bridgehead atoms. The average molecular weight is 291 g/mol. The van der Waals surface area contributed by atoms with Gasteiger partial charge in [0, 0.05) is 25.2 Å². The molecule has 2 aliphatic rings. The molecule has 7 heteroatoms. The summed E-state index contributed by atoms with van der Waals surface area (Å²) in [4.78, 5) is 19.5. The molecule has 21 heavy (non-hydrogen) atoms. The first-order chi connectivity index (χ1) is 10.1. The van der Waals surface area contributed by atoms with Crippen molar-refractivity contribution in [3.63, 3.8) is 0 Å². The fraction of sp³-hybridized carbons (Fsp3) is 0.643. The van der Waals surface area contributed by atoms with Gasteiger partial charge in [-0.1, -0.05) is 6.42 Å². The van der Waals surface area contributed by atoms with Crippen molar-refractivity contribution in [1.29, 1.82) is 0 Å². The van der Waals surface area contributed by atoms with Gasteiger partial charge in [0.25, 0.3) is 0 Å². The van der Waals surface area contributed by atoms with Gasteiger partial charge in [0.1, 0.15) is 5.82 Å². The van der Waals surface area contributed by atoms with Crippen LogP contribution in [0.3, 0.4) is 0 Å². The van der Waals surface area contributed by atoms with Crippen LogP contribution in [0.2, 0.25) is 0 Å². The first-order valence-electron chi connectivity index (χ1n) is 7.55. The number of nitrogens with two attached hydrogens (primary N) is 1. The molecule has 0 radical (unpaired) electrons. The lowest BCUT2D eigenvalue weighted by Gasteiger charge is -2.32. The number of hydrogen-bond donors (Lipinski definition) is 1. The predicted molar refractivity (Wildman–Crippen MR) is 81.3 cm³/mol. The van der Waals surface area contributed by atoms with E-state index in [0.717, 1.165) is 32.6 Å². The number of hydrogen-bond acceptors (Lipinski definition) is 6. The van der Waals surface area contributed by atoms with Crippen LogP contribution < -0.4 is 10.6 Å². The van der Waals surface area contributed by atoms with E-state index < -0.39 is 0 Å². The van der Waals surface area contributed by atoms with E-state index in [0.29, 0.717) is 17.7 Å². The van der Waals surface area contributed by atoms with Gasteiger partial charge in [-0.15, -0.1) is 0 Å². The molecule has 0 aromatic carbocycles. The van der Waals surface area contributed by atoms with Crippen molar-refractivity contribution < 1.29 is 4.92 Å². The summed E-state index contributed by atoms with van der Waals surface area (Å²) in [5.74, 6) is 0.747. The summed E-state index contributed by atoms with van der Waals surface area (Å²) in [6.45, 7) is 3.89. The molecule has 2 fully saturated rings. The van der Waals surface area contributed by atoms with E-state index in [9.17, 15) is 10.1 Å². The Kier molecular flexibility index (Phi) is 3.92. The number of likely N-dealkylation sites (tertiary alicyclic amines) is 1. The number of piperidine rings is 1. The number of aromatic nitrogens is 1. The third-order valence-corrected chi connectivity index (χ3v) is 4.44. The molecule has 3 heterocycles. The van der Waals surface area contributed by atoms with Gasteiger partial charge in [-0.25, -0.2) is 4.98 Å². The Labute approximate surface area is 123 Å². The number of rotatable bonds is 3. The smallest absolute Gasteiger partial charge is 0.311 e. The van der Waals surface area contributed by atoms with Crippen molar-refractivity contribution in [3.8, 4) is 0 Å². The Morgan fingerprint density at radius 3 is 2.71 bits per heavy atom. The first-order valence-corrected chi connectivity index (χ1v) is 7.55. The molecule has 114 valence electrons. The molecule has 0 aliphatic carbocycles. The van der Waals surface area contributed by atoms with Crippen LogP contribution in [-0.4, -0.2) is 47.0 Å². The quantitative estimate of drug-likeness (QED) is 0.672. The summed E-state index contributed by atoms with van der Waals surface area (Å²) in [7, 11) is 0. The van der Waals surface area contributed by atoms with Crippen LogP contribution in [0.25, 0.3) is 0 Å². The minimum atomic E-state index is -0.379. The molecule has 0 spiro atoms. The first kappa shape index (κ1) is 14.1. The highest BCUT2D eigenvalue weighted by Crippen LogP contribution is 2.31. The van der Waals surface area contributed by atoms with Gasteiger partial charge in [-0.3, -0.25) is 15.0 Å². The maximum absolute atomic E-state index is 11.2. The molecule has 1 aromatic rings. The van der Waals surface area contributed by atoms with E-state index in [4.69, 9.17) is 5.73 Å². The maximum atomic E-state index is 11.2. The Hall–Kier alpha value is -1.89. The van der Waals surface area contributed by atoms with Gasteiger partial charge < -0.3 is 10.6 Å². The van der Waals surface area contributed by atoms with Crippen LogP contribution in [0, 0.1) is 10.1 Å². The molecule has 2 aliphatic heterocycles. The largest absolute Gasteiger partial charge is 0.384 e. The highest BCUT2D eigenvalue weighted by Gasteiger charge is 2.32. The van der Waals surface area contributed by atoms with E-state index in [2.05, 4.69) is 9.88 Å². The zero-order valence-electron chi connectivity index (χ0n) is 12.1. The average Bonchev–Trinajstić information content (AvgIpc) is 2.97. The highest BCUT2D eigenvalue weighted by atomic mass is 16.6. The lowest BCUT2D eigenvalue weighted by molar-refractivity contribution is -0.384. The fourth-order valence-electron chi connectivity index (χ4n) is 3.35. The summed E-state index contributed by atoms with van der Waals surface area (Å²) in [6, 6.07) is 3.42. The Morgan fingerprint density at radius 2 is 2.00 bits per heavy atom. The summed E-state index contributed by atoms with van der Waals surface area (Å²) in [5.41, 5.74) is 5.75. The molecule has 0 saturated carbocycles. The second-order valence-electron chi connectivity index (χ2n) is 5.82. The zero-order valence-corrected chi connectivity index (χ0v) is 12.1. The van der Waals surface area contributed by atoms with Crippen LogP contribution in [0.15, 0.2) is 12.1 Å². The summed E-state index contributed by atoms with van der Waals surface area (Å²) >= 11 is 0. The lowest BCUT2D eigenvalue weighted by atomic mass is 10.1. The van der Waals surface area contributed by atoms with Crippen LogP contribution in [0.5, 0.6) is 0 Å². The van der Waals surface area contributed by atoms with Crippen LogP contribution in [0.1, 0.15) is 25.7 Å². The molecule has 1 atom stereocenters. The molecule has 2 N–H and O–H groups in total. The van der Waals surface area contributed by atoms with E-state index in [1.807, 2.05) is 4.90 Å². The second-order valence-corrected chi connectivity index (χ2v) is 5.82. The SMILES string of the molecule is Nc1ccc([N+](=O)[O-])c(N2CCC(N3CCCCC3)C2)n1. The highest BCUT2D eigenvalue weighted by molar-refractivity contribution is 5.61. The summed E-state index contributed by atoms with van der Waals surface area (Å²) < 4.78 is 0. The molecular weight excluding hydrogens is 270 g/mol. The van der Waals surface area contributed by atoms with Crippen LogP contribution >= 0.6 is 0 Å². The van der Waals surface area contributed by atoms with Crippen molar-refractivity contribution in [2.24, 2.45) is 0 Å². The van der Waals surface area contributed by atoms with Gasteiger partial charge in [-0.2, -0.15) is 0 Å². The predicted octanol–water partition coefficient (Wildman–Crippen LogP) is 1.64. The standard InChI is InChI=1S/C14H21N5O2/c15-13-5-4-12(19(20)21)14(16-13)18-9-6-11(10-18)17-7-2-1-3-8-17/h4-5,11H,1-3,6-10H2,(H2,15,16). The van der Waals surface area contributed by atoms with E-state index in [1.54, 1.807) is 0 Å². The van der Waals surface area contributed by atoms with E-state index in [-0.39, 0.29) is 10.6 Å². The Bertz CT molecular complexity index is 530. The zero-order chi connectivity index (χ0) is 14.8. The van der Waals surface area contributed by atoms with Gasteiger partial charge in [-0.05, 0) is 38.4 Å². The van der Waals surface area contributed by atoms with Crippen molar-refractivity contribution in [1.82, 2.24) is 9.88 Å².